The number of piperidine rings is 1. The molecule has 2 aromatic heterocycles. The predicted octanol–water partition coefficient (Wildman–Crippen LogP) is 3.75. The zero-order chi connectivity index (χ0) is 23.8. The number of likely N-dealkylation sites (tertiary alicyclic amines) is 1. The molecule has 0 unspecified atom stereocenters. The molecule has 3 fully saturated rings. The van der Waals surface area contributed by atoms with Gasteiger partial charge >= 0.3 is 0 Å². The zero-order valence-electron chi connectivity index (χ0n) is 20.3. The molecule has 8 nitrogen and oxygen atoms in total. The van der Waals surface area contributed by atoms with Crippen LogP contribution in [0.3, 0.4) is 0 Å². The number of anilines is 1. The third-order valence-corrected chi connectivity index (χ3v) is 7.56. The van der Waals surface area contributed by atoms with Gasteiger partial charge in [0, 0.05) is 72.7 Å². The molecule has 35 heavy (non-hydrogen) atoms. The van der Waals surface area contributed by atoms with Crippen molar-refractivity contribution in [1.82, 2.24) is 19.8 Å². The summed E-state index contributed by atoms with van der Waals surface area (Å²) in [5.41, 5.74) is 4.53. The van der Waals surface area contributed by atoms with E-state index in [1.807, 2.05) is 35.5 Å². The van der Waals surface area contributed by atoms with E-state index in [1.165, 1.54) is 12.8 Å². The molecule has 0 radical (unpaired) electrons. The van der Waals surface area contributed by atoms with Crippen molar-refractivity contribution in [3.63, 3.8) is 0 Å². The number of aromatic nitrogens is 2. The van der Waals surface area contributed by atoms with Crippen LogP contribution in [-0.4, -0.2) is 84.3 Å². The maximum atomic E-state index is 13.4. The number of hydrogen-bond acceptors (Lipinski definition) is 6. The lowest BCUT2D eigenvalue weighted by Crippen LogP contribution is -2.50. The van der Waals surface area contributed by atoms with E-state index in [4.69, 9.17) is 9.47 Å². The van der Waals surface area contributed by atoms with Crippen molar-refractivity contribution in [2.24, 2.45) is 0 Å². The summed E-state index contributed by atoms with van der Waals surface area (Å²) < 4.78 is 11.3. The number of hydrogen-bond donors (Lipinski definition) is 2. The van der Waals surface area contributed by atoms with Gasteiger partial charge in [-0.05, 0) is 49.9 Å². The number of carbonyl (C=O) groups is 1. The lowest BCUT2D eigenvalue weighted by atomic mass is 9.99. The van der Waals surface area contributed by atoms with E-state index in [0.717, 1.165) is 80.1 Å². The number of aromatic amines is 1. The van der Waals surface area contributed by atoms with Crippen LogP contribution in [0.15, 0.2) is 36.7 Å². The van der Waals surface area contributed by atoms with Crippen LogP contribution in [-0.2, 0) is 4.74 Å². The highest BCUT2D eigenvalue weighted by molar-refractivity contribution is 6.01. The molecule has 1 aromatic carbocycles. The van der Waals surface area contributed by atoms with Gasteiger partial charge in [-0.1, -0.05) is 0 Å². The van der Waals surface area contributed by atoms with Crippen LogP contribution in [0.5, 0.6) is 5.75 Å². The van der Waals surface area contributed by atoms with E-state index in [0.29, 0.717) is 23.4 Å². The summed E-state index contributed by atoms with van der Waals surface area (Å²) >= 11 is 0. The lowest BCUT2D eigenvalue weighted by molar-refractivity contribution is 0.00159. The second-order valence-corrected chi connectivity index (χ2v) is 9.79. The molecule has 1 aliphatic carbocycles. The highest BCUT2D eigenvalue weighted by Crippen LogP contribution is 2.41. The van der Waals surface area contributed by atoms with Gasteiger partial charge in [-0.3, -0.25) is 9.69 Å². The third-order valence-electron chi connectivity index (χ3n) is 7.56. The topological polar surface area (TPSA) is 82.7 Å². The second kappa shape index (κ2) is 9.51. The third kappa shape index (κ3) is 4.48. The van der Waals surface area contributed by atoms with Crippen molar-refractivity contribution in [3.8, 4) is 16.9 Å². The highest BCUT2D eigenvalue weighted by Gasteiger charge is 2.29. The largest absolute Gasteiger partial charge is 0.496 e. The van der Waals surface area contributed by atoms with E-state index < -0.39 is 0 Å². The smallest absolute Gasteiger partial charge is 0.253 e. The van der Waals surface area contributed by atoms with E-state index in [-0.39, 0.29) is 5.91 Å². The molecule has 184 valence electrons. The van der Waals surface area contributed by atoms with Crippen molar-refractivity contribution in [3.05, 3.63) is 42.2 Å². The number of H-pyrrole nitrogens is 1. The van der Waals surface area contributed by atoms with Crippen LogP contribution < -0.4 is 10.1 Å². The Balaban J connectivity index is 1.23. The van der Waals surface area contributed by atoms with E-state index in [9.17, 15) is 4.79 Å². The molecule has 0 atom stereocenters. The summed E-state index contributed by atoms with van der Waals surface area (Å²) in [5.74, 6) is 0.764. The molecular formula is C27H33N5O3. The highest BCUT2D eigenvalue weighted by atomic mass is 16.5. The van der Waals surface area contributed by atoms with Crippen LogP contribution in [0, 0.1) is 0 Å². The summed E-state index contributed by atoms with van der Waals surface area (Å²) in [6.07, 6.45) is 8.19. The van der Waals surface area contributed by atoms with Gasteiger partial charge in [0.1, 0.15) is 11.4 Å². The van der Waals surface area contributed by atoms with Crippen molar-refractivity contribution in [1.29, 1.82) is 0 Å². The quantitative estimate of drug-likeness (QED) is 0.565. The first kappa shape index (κ1) is 22.4. The van der Waals surface area contributed by atoms with Crippen LogP contribution in [0.4, 0.5) is 5.69 Å². The lowest BCUT2D eigenvalue weighted by Gasteiger charge is -2.40. The Morgan fingerprint density at radius 3 is 2.63 bits per heavy atom. The fourth-order valence-corrected chi connectivity index (χ4v) is 5.41. The van der Waals surface area contributed by atoms with Gasteiger partial charge in [-0.25, -0.2) is 4.98 Å². The summed E-state index contributed by atoms with van der Waals surface area (Å²) in [6.45, 7) is 5.20. The number of fused-ring (bicyclic) bond motifs is 1. The molecule has 4 heterocycles. The number of methoxy groups -OCH3 is 1. The van der Waals surface area contributed by atoms with Gasteiger partial charge in [0.05, 0.1) is 26.0 Å². The van der Waals surface area contributed by atoms with Crippen LogP contribution in [0.1, 0.15) is 36.0 Å². The van der Waals surface area contributed by atoms with Crippen LogP contribution in [0.2, 0.25) is 0 Å². The molecule has 2 saturated heterocycles. The fraction of sp³-hybridized carbons (Fsp3) is 0.481. The van der Waals surface area contributed by atoms with Crippen LogP contribution in [0.25, 0.3) is 22.2 Å². The maximum Gasteiger partial charge on any atom is 0.253 e. The molecule has 0 bridgehead atoms. The molecule has 1 amide bonds. The number of benzene rings is 1. The van der Waals surface area contributed by atoms with Gasteiger partial charge in [-0.15, -0.1) is 0 Å². The van der Waals surface area contributed by atoms with Gasteiger partial charge in [0.25, 0.3) is 5.91 Å². The number of rotatable bonds is 6. The number of ether oxygens (including phenoxy) is 2. The number of carbonyl (C=O) groups excluding carboxylic acids is 1. The normalized spacial score (nSPS) is 19.7. The molecule has 2 N–H and O–H groups in total. The molecule has 8 heteroatoms. The summed E-state index contributed by atoms with van der Waals surface area (Å²) in [4.78, 5) is 25.7. The minimum absolute atomic E-state index is 0.0748. The Bertz CT molecular complexity index is 1210. The SMILES string of the molecule is COc1cc(C(=O)N2CCC(N3CCOCC3)CC2)ccc1-c1cnc2[nH]ccc2c1NC1CC1. The Labute approximate surface area is 205 Å². The van der Waals surface area contributed by atoms with Crippen molar-refractivity contribution >= 4 is 22.6 Å². The van der Waals surface area contributed by atoms with Crippen LogP contribution >= 0.6 is 0 Å². The molecular weight excluding hydrogens is 442 g/mol. The molecule has 3 aromatic rings. The van der Waals surface area contributed by atoms with Gasteiger partial charge < -0.3 is 24.7 Å². The number of amides is 1. The first-order valence-corrected chi connectivity index (χ1v) is 12.7. The Morgan fingerprint density at radius 2 is 1.89 bits per heavy atom. The first-order chi connectivity index (χ1) is 17.2. The minimum atomic E-state index is 0.0748. The van der Waals surface area contributed by atoms with Gasteiger partial charge in [0.15, 0.2) is 0 Å². The van der Waals surface area contributed by atoms with Gasteiger partial charge in [0.2, 0.25) is 0 Å². The molecule has 6 rings (SSSR count). The summed E-state index contributed by atoms with van der Waals surface area (Å²) in [6, 6.07) is 8.92. The number of nitrogens with one attached hydrogen (secondary N) is 2. The maximum absolute atomic E-state index is 13.4. The monoisotopic (exact) mass is 475 g/mol. The Morgan fingerprint density at radius 1 is 1.09 bits per heavy atom. The second-order valence-electron chi connectivity index (χ2n) is 9.79. The molecule has 1 saturated carbocycles. The standard InChI is InChI=1S/C27H33N5O3/c1-34-24-16-18(27(33)32-10-7-20(8-11-32)31-12-14-35-15-13-31)2-5-21(24)23-17-29-26-22(6-9-28-26)25(23)30-19-3-4-19/h2,5-6,9,16-17,19-20H,3-4,7-8,10-15H2,1H3,(H2,28,29,30). The average Bonchev–Trinajstić information content (AvgIpc) is 3.61. The number of nitrogens with zero attached hydrogens (tertiary/aromatic N) is 3. The molecule has 3 aliphatic rings. The number of pyridine rings is 1. The zero-order valence-corrected chi connectivity index (χ0v) is 20.3. The van der Waals surface area contributed by atoms with E-state index >= 15 is 0 Å². The minimum Gasteiger partial charge on any atom is -0.496 e. The Kier molecular flexibility index (Phi) is 6.08. The molecule has 2 aliphatic heterocycles. The van der Waals surface area contributed by atoms with Gasteiger partial charge in [-0.2, -0.15) is 0 Å². The van der Waals surface area contributed by atoms with Crippen molar-refractivity contribution in [2.75, 3.05) is 51.8 Å². The summed E-state index contributed by atoms with van der Waals surface area (Å²) in [7, 11) is 1.66. The molecule has 0 spiro atoms. The van der Waals surface area contributed by atoms with Crippen molar-refractivity contribution in [2.45, 2.75) is 37.8 Å². The van der Waals surface area contributed by atoms with E-state index in [2.05, 4.69) is 26.3 Å². The first-order valence-electron chi connectivity index (χ1n) is 12.7. The predicted molar refractivity (Wildman–Crippen MR) is 136 cm³/mol. The Hall–Kier alpha value is -3.10. The van der Waals surface area contributed by atoms with E-state index in [1.54, 1.807) is 7.11 Å². The summed E-state index contributed by atoms with van der Waals surface area (Å²) in [5, 5.41) is 4.75. The van der Waals surface area contributed by atoms with Crippen molar-refractivity contribution < 1.29 is 14.3 Å². The number of morpholine rings is 1. The average molecular weight is 476 g/mol. The fourth-order valence-electron chi connectivity index (χ4n) is 5.41.